The first-order valence-corrected chi connectivity index (χ1v) is 4.95. The Morgan fingerprint density at radius 3 is 1.33 bits per heavy atom. The smallest absolute Gasteiger partial charge is 0.262 e. The van der Waals surface area contributed by atoms with Gasteiger partial charge in [-0.3, -0.25) is 4.79 Å². The SMILES string of the molecule is CS(=O)(=O)Cl.O=C(Cl)Cl. The number of carbonyl (C=O) groups is 1. The van der Waals surface area contributed by atoms with Gasteiger partial charge < -0.3 is 0 Å². The molecule has 0 aliphatic rings. The maximum atomic E-state index is 9.40. The molecular weight excluding hydrogens is 210 g/mol. The summed E-state index contributed by atoms with van der Waals surface area (Å²) in [5, 5.41) is 0. The van der Waals surface area contributed by atoms with E-state index < -0.39 is 13.8 Å². The van der Waals surface area contributed by atoms with Crippen LogP contribution in [0.25, 0.3) is 0 Å². The van der Waals surface area contributed by atoms with Crippen molar-refractivity contribution in [1.29, 1.82) is 0 Å². The molecule has 0 spiro atoms. The number of hydrogen-bond donors (Lipinski definition) is 0. The molecule has 0 fully saturated rings. The molecule has 0 aliphatic heterocycles. The molecule has 3 nitrogen and oxygen atoms in total. The molecule has 0 saturated heterocycles. The topological polar surface area (TPSA) is 51.2 Å². The average molecular weight is 213 g/mol. The Labute approximate surface area is 67.3 Å². The van der Waals surface area contributed by atoms with E-state index in [1.165, 1.54) is 0 Å². The van der Waals surface area contributed by atoms with E-state index in [1.807, 2.05) is 0 Å². The Kier molecular flexibility index (Phi) is 7.16. The first-order valence-electron chi connectivity index (χ1n) is 1.48. The molecule has 0 aromatic rings. The van der Waals surface area contributed by atoms with Gasteiger partial charge in [-0.25, -0.2) is 8.42 Å². The lowest BCUT2D eigenvalue weighted by atomic mass is 11.8. The molecule has 0 aromatic carbocycles. The molecular formula is C2H3Cl3O3S. The molecule has 0 atom stereocenters. The maximum absolute atomic E-state index is 9.40. The molecule has 7 heteroatoms. The third-order valence-corrected chi connectivity index (χ3v) is 0. The quantitative estimate of drug-likeness (QED) is 0.576. The highest BCUT2D eigenvalue weighted by Gasteiger charge is 1.83. The van der Waals surface area contributed by atoms with Crippen LogP contribution >= 0.6 is 33.9 Å². The Hall–Kier alpha value is 0.490. The fourth-order valence-corrected chi connectivity index (χ4v) is 0. The zero-order valence-electron chi connectivity index (χ0n) is 4.27. The van der Waals surface area contributed by atoms with Crippen molar-refractivity contribution in [2.45, 2.75) is 0 Å². The molecule has 0 aliphatic carbocycles. The highest BCUT2D eigenvalue weighted by molar-refractivity contribution is 8.13. The van der Waals surface area contributed by atoms with Crippen LogP contribution in [0.15, 0.2) is 0 Å². The van der Waals surface area contributed by atoms with E-state index in [4.69, 9.17) is 4.79 Å². The van der Waals surface area contributed by atoms with E-state index in [9.17, 15) is 8.42 Å². The fraction of sp³-hybridized carbons (Fsp3) is 0.500. The van der Waals surface area contributed by atoms with Gasteiger partial charge in [0.05, 0.1) is 6.26 Å². The third kappa shape index (κ3) is 1490. The Balaban J connectivity index is 0. The first-order chi connectivity index (χ1) is 3.73. The van der Waals surface area contributed by atoms with Gasteiger partial charge in [-0.15, -0.1) is 0 Å². The van der Waals surface area contributed by atoms with Gasteiger partial charge in [-0.05, 0) is 23.2 Å². The zero-order chi connectivity index (χ0) is 8.08. The van der Waals surface area contributed by atoms with Crippen LogP contribution in [0.1, 0.15) is 0 Å². The van der Waals surface area contributed by atoms with Gasteiger partial charge in [0.2, 0.25) is 9.05 Å². The molecule has 0 bridgehead atoms. The van der Waals surface area contributed by atoms with Gasteiger partial charge in [-0.1, -0.05) is 0 Å². The lowest BCUT2D eigenvalue weighted by molar-refractivity contribution is 0.275. The Morgan fingerprint density at radius 2 is 1.33 bits per heavy atom. The normalized spacial score (nSPS) is 9.33. The molecule has 56 valence electrons. The minimum absolute atomic E-state index is 0.889. The highest BCUT2D eigenvalue weighted by Crippen LogP contribution is 1.84. The molecule has 0 amide bonds. The van der Waals surface area contributed by atoms with Gasteiger partial charge in [0.15, 0.2) is 0 Å². The number of hydrogen-bond acceptors (Lipinski definition) is 3. The van der Waals surface area contributed by atoms with Crippen molar-refractivity contribution in [3.05, 3.63) is 0 Å². The summed E-state index contributed by atoms with van der Waals surface area (Å²) < 4.78 is 17.9. The van der Waals surface area contributed by atoms with E-state index in [-0.39, 0.29) is 0 Å². The van der Waals surface area contributed by atoms with E-state index in [0.29, 0.717) is 0 Å². The van der Waals surface area contributed by atoms with Gasteiger partial charge in [-0.2, -0.15) is 0 Å². The van der Waals surface area contributed by atoms with Crippen LogP contribution in [0.2, 0.25) is 0 Å². The van der Waals surface area contributed by atoms with Crippen LogP contribution in [0.4, 0.5) is 4.79 Å². The Morgan fingerprint density at radius 1 is 1.33 bits per heavy atom. The molecule has 0 rings (SSSR count). The van der Waals surface area contributed by atoms with Crippen LogP contribution in [0, 0.1) is 0 Å². The summed E-state index contributed by atoms with van der Waals surface area (Å²) in [4.78, 5) is 8.98. The first kappa shape index (κ1) is 12.2. The summed E-state index contributed by atoms with van der Waals surface area (Å²) >= 11 is 8.80. The van der Waals surface area contributed by atoms with Gasteiger partial charge >= 0.3 is 4.70 Å². The van der Waals surface area contributed by atoms with E-state index in [1.54, 1.807) is 0 Å². The van der Waals surface area contributed by atoms with Crippen LogP contribution in [-0.4, -0.2) is 19.4 Å². The van der Waals surface area contributed by atoms with E-state index in [0.717, 1.165) is 6.26 Å². The number of rotatable bonds is 0. The lowest BCUT2D eigenvalue weighted by Crippen LogP contribution is -1.76. The molecule has 0 N–H and O–H groups in total. The summed E-state index contributed by atoms with van der Waals surface area (Å²) in [5.41, 5.74) is 0. The fourth-order valence-electron chi connectivity index (χ4n) is 0. The van der Waals surface area contributed by atoms with Crippen molar-refractivity contribution >= 4 is 47.6 Å². The van der Waals surface area contributed by atoms with Gasteiger partial charge in [0, 0.05) is 10.7 Å². The standard InChI is InChI=1S/CCl2O.CH3ClO2S/c2-1(3)4;1-5(2,3)4/h;1H3. The van der Waals surface area contributed by atoms with Crippen molar-refractivity contribution in [2.24, 2.45) is 0 Å². The number of carbonyl (C=O) groups excluding carboxylic acids is 1. The van der Waals surface area contributed by atoms with Crippen molar-refractivity contribution in [3.63, 3.8) is 0 Å². The van der Waals surface area contributed by atoms with Crippen LogP contribution in [0.3, 0.4) is 0 Å². The highest BCUT2D eigenvalue weighted by atomic mass is 35.7. The largest absolute Gasteiger partial charge is 0.313 e. The summed E-state index contributed by atoms with van der Waals surface area (Å²) in [7, 11) is 1.31. The minimum atomic E-state index is -3.19. The summed E-state index contributed by atoms with van der Waals surface area (Å²) in [5.74, 6) is 0. The third-order valence-electron chi connectivity index (χ3n) is 0. The van der Waals surface area contributed by atoms with Gasteiger partial charge in [0.1, 0.15) is 0 Å². The predicted molar refractivity (Wildman–Crippen MR) is 37.8 cm³/mol. The minimum Gasteiger partial charge on any atom is -0.262 e. The average Bonchev–Trinajstić information content (AvgIpc) is 1.19. The Bertz CT molecular complexity index is 159. The van der Waals surface area contributed by atoms with Crippen LogP contribution < -0.4 is 0 Å². The maximum Gasteiger partial charge on any atom is 0.313 e. The molecule has 0 heterocycles. The lowest BCUT2D eigenvalue weighted by Gasteiger charge is -1.65. The molecule has 0 unspecified atom stereocenters. The van der Waals surface area contributed by atoms with Gasteiger partial charge in [0.25, 0.3) is 0 Å². The van der Waals surface area contributed by atoms with E-state index in [2.05, 4.69) is 33.9 Å². The number of halogens is 3. The molecule has 0 radical (unpaired) electrons. The van der Waals surface area contributed by atoms with Crippen molar-refractivity contribution in [3.8, 4) is 0 Å². The van der Waals surface area contributed by atoms with Crippen molar-refractivity contribution in [2.75, 3.05) is 6.26 Å². The second kappa shape index (κ2) is 5.29. The summed E-state index contributed by atoms with van der Waals surface area (Å²) in [6.45, 7) is 0. The van der Waals surface area contributed by atoms with Crippen LogP contribution in [-0.2, 0) is 9.05 Å². The van der Waals surface area contributed by atoms with Crippen molar-refractivity contribution < 1.29 is 13.2 Å². The van der Waals surface area contributed by atoms with Crippen LogP contribution in [0.5, 0.6) is 0 Å². The second-order valence-electron chi connectivity index (χ2n) is 0.907. The molecule has 0 aromatic heterocycles. The zero-order valence-corrected chi connectivity index (χ0v) is 7.35. The second-order valence-corrected chi connectivity index (χ2v) is 4.83. The van der Waals surface area contributed by atoms with Crippen molar-refractivity contribution in [1.82, 2.24) is 0 Å². The van der Waals surface area contributed by atoms with E-state index >= 15 is 0 Å². The summed E-state index contributed by atoms with van der Waals surface area (Å²) in [6, 6.07) is 0. The monoisotopic (exact) mass is 212 g/mol. The molecule has 9 heavy (non-hydrogen) atoms. The predicted octanol–water partition coefficient (Wildman–Crippen LogP) is 1.77. The summed E-state index contributed by atoms with van der Waals surface area (Å²) in [6.07, 6.45) is 0.925. The molecule has 0 saturated carbocycles.